The molecule has 1 aromatic carbocycles. The first kappa shape index (κ1) is 13.5. The Labute approximate surface area is 117 Å². The Hall–Kier alpha value is -0.970. The zero-order valence-corrected chi connectivity index (χ0v) is 11.9. The van der Waals surface area contributed by atoms with Crippen LogP contribution in [-0.2, 0) is 16.6 Å². The molecule has 0 N–H and O–H groups in total. The Bertz CT molecular complexity index is 547. The lowest BCUT2D eigenvalue weighted by Crippen LogP contribution is -2.11. The largest absolute Gasteiger partial charge is 0.292 e. The van der Waals surface area contributed by atoms with E-state index >= 15 is 0 Å². The third kappa shape index (κ3) is 3.77. The predicted octanol–water partition coefficient (Wildman–Crippen LogP) is 3.53. The lowest BCUT2D eigenvalue weighted by molar-refractivity contribution is 0.102. The molecule has 18 heavy (non-hydrogen) atoms. The summed E-state index contributed by atoms with van der Waals surface area (Å²) in [5.41, 5.74) is 0.928. The number of rotatable bonds is 5. The molecule has 2 nitrogen and oxygen atoms in total. The Morgan fingerprint density at radius 1 is 1.22 bits per heavy atom. The molecule has 1 unspecified atom stereocenters. The van der Waals surface area contributed by atoms with Crippen molar-refractivity contribution in [2.45, 2.75) is 5.75 Å². The maximum atomic E-state index is 11.9. The Morgan fingerprint density at radius 3 is 2.56 bits per heavy atom. The van der Waals surface area contributed by atoms with Crippen LogP contribution in [0.1, 0.15) is 15.2 Å². The highest BCUT2D eigenvalue weighted by Gasteiger charge is 2.11. The highest BCUT2D eigenvalue weighted by molar-refractivity contribution is 7.85. The van der Waals surface area contributed by atoms with Gasteiger partial charge < -0.3 is 0 Å². The van der Waals surface area contributed by atoms with E-state index in [0.29, 0.717) is 15.7 Å². The van der Waals surface area contributed by atoms with Gasteiger partial charge in [0.15, 0.2) is 5.78 Å². The molecule has 5 heteroatoms. The zero-order chi connectivity index (χ0) is 13.0. The molecule has 0 fully saturated rings. The normalized spacial score (nSPS) is 12.3. The molecule has 1 heterocycles. The van der Waals surface area contributed by atoms with Gasteiger partial charge in [-0.2, -0.15) is 0 Å². The number of Topliss-reactive ketones (excluding diaryl/α,β-unsaturated/α-hetero) is 1. The van der Waals surface area contributed by atoms with Crippen LogP contribution in [0.2, 0.25) is 5.02 Å². The Kier molecular flexibility index (Phi) is 4.69. The van der Waals surface area contributed by atoms with Gasteiger partial charge in [-0.1, -0.05) is 29.8 Å². The number of carbonyl (C=O) groups excluding carboxylic acids is 1. The van der Waals surface area contributed by atoms with Gasteiger partial charge in [0.05, 0.1) is 10.6 Å². The van der Waals surface area contributed by atoms with Crippen LogP contribution in [0.25, 0.3) is 0 Å². The number of thiophene rings is 1. The molecule has 0 aliphatic heterocycles. The van der Waals surface area contributed by atoms with Gasteiger partial charge in [0.1, 0.15) is 0 Å². The first-order chi connectivity index (χ1) is 8.65. The van der Waals surface area contributed by atoms with Crippen LogP contribution in [0, 0.1) is 0 Å². The molecule has 94 valence electrons. The van der Waals surface area contributed by atoms with E-state index in [1.165, 1.54) is 11.3 Å². The van der Waals surface area contributed by atoms with Crippen molar-refractivity contribution in [3.63, 3.8) is 0 Å². The number of halogens is 1. The third-order valence-corrected chi connectivity index (χ3v) is 4.73. The Morgan fingerprint density at radius 2 is 1.94 bits per heavy atom. The molecular formula is C13H11ClO2S2. The second-order valence-corrected chi connectivity index (χ2v) is 6.60. The van der Waals surface area contributed by atoms with Crippen LogP contribution in [0.4, 0.5) is 0 Å². The average molecular weight is 299 g/mol. The van der Waals surface area contributed by atoms with E-state index in [-0.39, 0.29) is 11.5 Å². The van der Waals surface area contributed by atoms with Gasteiger partial charge in [0.25, 0.3) is 0 Å². The van der Waals surface area contributed by atoms with Gasteiger partial charge in [-0.3, -0.25) is 9.00 Å². The van der Waals surface area contributed by atoms with Crippen molar-refractivity contribution in [3.05, 3.63) is 57.2 Å². The second-order valence-electron chi connectivity index (χ2n) is 3.76. The number of carbonyl (C=O) groups is 1. The fraction of sp³-hybridized carbons (Fsp3) is 0.154. The van der Waals surface area contributed by atoms with E-state index < -0.39 is 10.8 Å². The summed E-state index contributed by atoms with van der Waals surface area (Å²) in [5.74, 6) is 0.398. The van der Waals surface area contributed by atoms with Crippen molar-refractivity contribution in [1.29, 1.82) is 0 Å². The maximum absolute atomic E-state index is 11.9. The predicted molar refractivity (Wildman–Crippen MR) is 76.8 cm³/mol. The number of ketones is 1. The summed E-state index contributed by atoms with van der Waals surface area (Å²) in [5, 5.41) is 2.49. The average Bonchev–Trinajstić information content (AvgIpc) is 2.85. The fourth-order valence-electron chi connectivity index (χ4n) is 1.47. The van der Waals surface area contributed by atoms with Crippen molar-refractivity contribution >= 4 is 39.5 Å². The second kappa shape index (κ2) is 6.27. The van der Waals surface area contributed by atoms with Gasteiger partial charge >= 0.3 is 0 Å². The summed E-state index contributed by atoms with van der Waals surface area (Å²) in [4.78, 5) is 12.4. The van der Waals surface area contributed by atoms with Crippen LogP contribution in [0.5, 0.6) is 0 Å². The smallest absolute Gasteiger partial charge is 0.185 e. The van der Waals surface area contributed by atoms with Crippen molar-refractivity contribution in [3.8, 4) is 0 Å². The molecule has 0 amide bonds. The summed E-state index contributed by atoms with van der Waals surface area (Å²) in [6, 6.07) is 10.8. The minimum atomic E-state index is -1.18. The molecule has 2 aromatic rings. The summed E-state index contributed by atoms with van der Waals surface area (Å²) in [6.07, 6.45) is 0. The zero-order valence-electron chi connectivity index (χ0n) is 9.47. The van der Waals surface area contributed by atoms with Crippen molar-refractivity contribution in [2.75, 3.05) is 5.75 Å². The number of hydrogen-bond donors (Lipinski definition) is 0. The molecule has 0 aliphatic carbocycles. The van der Waals surface area contributed by atoms with Crippen LogP contribution >= 0.6 is 22.9 Å². The van der Waals surface area contributed by atoms with Gasteiger partial charge in [-0.25, -0.2) is 0 Å². The number of hydrogen-bond acceptors (Lipinski definition) is 3. The molecule has 1 atom stereocenters. The minimum absolute atomic E-state index is 0.0581. The first-order valence-electron chi connectivity index (χ1n) is 5.31. The highest BCUT2D eigenvalue weighted by Crippen LogP contribution is 2.13. The quantitative estimate of drug-likeness (QED) is 0.791. The monoisotopic (exact) mass is 298 g/mol. The van der Waals surface area contributed by atoms with Gasteiger partial charge in [0, 0.05) is 21.6 Å². The highest BCUT2D eigenvalue weighted by atomic mass is 35.5. The number of benzene rings is 1. The van der Waals surface area contributed by atoms with Crippen LogP contribution < -0.4 is 0 Å². The SMILES string of the molecule is O=C(CS(=O)Cc1ccc(Cl)cc1)c1cccs1. The lowest BCUT2D eigenvalue weighted by atomic mass is 10.2. The maximum Gasteiger partial charge on any atom is 0.185 e. The molecule has 0 radical (unpaired) electrons. The van der Waals surface area contributed by atoms with E-state index in [9.17, 15) is 9.00 Å². The van der Waals surface area contributed by atoms with E-state index in [0.717, 1.165) is 5.56 Å². The van der Waals surface area contributed by atoms with Gasteiger partial charge in [-0.15, -0.1) is 11.3 Å². The summed E-state index contributed by atoms with van der Waals surface area (Å²) in [7, 11) is -1.18. The topological polar surface area (TPSA) is 34.1 Å². The van der Waals surface area contributed by atoms with Crippen molar-refractivity contribution in [2.24, 2.45) is 0 Å². The van der Waals surface area contributed by atoms with E-state index in [2.05, 4.69) is 0 Å². The van der Waals surface area contributed by atoms with Crippen LogP contribution in [-0.4, -0.2) is 15.7 Å². The molecule has 1 aromatic heterocycles. The molecule has 0 spiro atoms. The summed E-state index contributed by atoms with van der Waals surface area (Å²) < 4.78 is 11.9. The van der Waals surface area contributed by atoms with E-state index in [4.69, 9.17) is 11.6 Å². The molecule has 2 rings (SSSR count). The van der Waals surface area contributed by atoms with Crippen molar-refractivity contribution in [1.82, 2.24) is 0 Å². The third-order valence-electron chi connectivity index (χ3n) is 2.33. The lowest BCUT2D eigenvalue weighted by Gasteiger charge is -2.01. The first-order valence-corrected chi connectivity index (χ1v) is 8.06. The molecule has 0 aliphatic rings. The molecule has 0 saturated carbocycles. The van der Waals surface area contributed by atoms with Gasteiger partial charge in [-0.05, 0) is 29.1 Å². The van der Waals surface area contributed by atoms with Crippen LogP contribution in [0.3, 0.4) is 0 Å². The van der Waals surface area contributed by atoms with E-state index in [1.807, 2.05) is 23.6 Å². The fourth-order valence-corrected chi connectivity index (χ4v) is 3.47. The van der Waals surface area contributed by atoms with Crippen molar-refractivity contribution < 1.29 is 9.00 Å². The molecular weight excluding hydrogens is 288 g/mol. The molecule has 0 saturated heterocycles. The summed E-state index contributed by atoms with van der Waals surface area (Å²) >= 11 is 7.15. The standard InChI is InChI=1S/C13H11ClO2S2/c14-11-5-3-10(4-6-11)8-18(16)9-12(15)13-2-1-7-17-13/h1-7H,8-9H2. The summed E-state index contributed by atoms with van der Waals surface area (Å²) in [6.45, 7) is 0. The Balaban J connectivity index is 1.93. The van der Waals surface area contributed by atoms with Gasteiger partial charge in [0.2, 0.25) is 0 Å². The molecule has 0 bridgehead atoms. The van der Waals surface area contributed by atoms with E-state index in [1.54, 1.807) is 18.2 Å². The minimum Gasteiger partial charge on any atom is -0.292 e. The van der Waals surface area contributed by atoms with Crippen LogP contribution in [0.15, 0.2) is 41.8 Å².